The molecule has 15 heavy (non-hydrogen) atoms. The monoisotopic (exact) mass is 229 g/mol. The Morgan fingerprint density at radius 3 is 2.60 bits per heavy atom. The molecule has 0 spiro atoms. The molecule has 0 atom stereocenters. The molecule has 1 aromatic heterocycles. The molecule has 0 amide bonds. The molecular weight excluding hydrogens is 216 g/mol. The first-order valence-electron chi connectivity index (χ1n) is 5.27. The Morgan fingerprint density at radius 2 is 2.00 bits per heavy atom. The predicted octanol–water partition coefficient (Wildman–Crippen LogP) is 2.82. The van der Waals surface area contributed by atoms with Gasteiger partial charge in [-0.2, -0.15) is 0 Å². The van der Waals surface area contributed by atoms with Gasteiger partial charge in [-0.1, -0.05) is 0 Å². The fraction of sp³-hybridized carbons (Fsp3) is 0.636. The maximum Gasteiger partial charge on any atom is 0.252 e. The first-order chi connectivity index (χ1) is 6.99. The van der Waals surface area contributed by atoms with Gasteiger partial charge < -0.3 is 5.73 Å². The third kappa shape index (κ3) is 1.42. The first-order valence-corrected chi connectivity index (χ1v) is 6.09. The second kappa shape index (κ2) is 2.80. The molecule has 1 saturated carbocycles. The normalized spacial score (nSPS) is 26.1. The molecule has 0 radical (unpaired) electrons. The van der Waals surface area contributed by atoms with Gasteiger partial charge in [0.05, 0.1) is 5.54 Å². The molecule has 1 aromatic rings. The highest BCUT2D eigenvalue weighted by molar-refractivity contribution is 7.12. The van der Waals surface area contributed by atoms with Gasteiger partial charge >= 0.3 is 0 Å². The number of nitrogens with two attached hydrogens (primary N) is 1. The number of alkyl halides is 2. The minimum Gasteiger partial charge on any atom is -0.320 e. The van der Waals surface area contributed by atoms with Crippen LogP contribution in [-0.2, 0) is 18.4 Å². The third-order valence-corrected chi connectivity index (χ3v) is 4.84. The average Bonchev–Trinajstić information content (AvgIpc) is 2.55. The maximum absolute atomic E-state index is 12.8. The highest BCUT2D eigenvalue weighted by Gasteiger charge is 2.56. The van der Waals surface area contributed by atoms with E-state index in [2.05, 4.69) is 6.07 Å². The average molecular weight is 229 g/mol. The summed E-state index contributed by atoms with van der Waals surface area (Å²) in [4.78, 5) is 2.34. The van der Waals surface area contributed by atoms with Crippen LogP contribution >= 0.6 is 11.3 Å². The number of hydrogen-bond donors (Lipinski definition) is 1. The molecule has 82 valence electrons. The van der Waals surface area contributed by atoms with Gasteiger partial charge in [-0.25, -0.2) is 8.78 Å². The van der Waals surface area contributed by atoms with Gasteiger partial charge in [-0.15, -0.1) is 11.3 Å². The van der Waals surface area contributed by atoms with E-state index >= 15 is 0 Å². The Morgan fingerprint density at radius 1 is 1.27 bits per heavy atom. The first kappa shape index (κ1) is 9.73. The van der Waals surface area contributed by atoms with Crippen molar-refractivity contribution in [3.05, 3.63) is 21.4 Å². The predicted molar refractivity (Wildman–Crippen MR) is 56.4 cm³/mol. The van der Waals surface area contributed by atoms with Crippen LogP contribution in [0.4, 0.5) is 8.78 Å². The van der Waals surface area contributed by atoms with Gasteiger partial charge in [0.2, 0.25) is 0 Å². The Bertz CT molecular complexity index is 381. The van der Waals surface area contributed by atoms with Crippen molar-refractivity contribution in [1.29, 1.82) is 0 Å². The lowest BCUT2D eigenvalue weighted by molar-refractivity contribution is -0.123. The summed E-state index contributed by atoms with van der Waals surface area (Å²) in [6.45, 7) is 0. The molecular formula is C11H13F2NS. The zero-order valence-electron chi connectivity index (χ0n) is 8.35. The molecule has 0 aliphatic heterocycles. The third-order valence-electron chi connectivity index (χ3n) is 3.39. The molecule has 2 aliphatic carbocycles. The standard InChI is InChI=1S/C11H13F2NS/c12-11(13)5-10(14,6-11)9-4-7-2-1-3-8(7)15-9/h4H,1-3,5-6,14H2. The highest BCUT2D eigenvalue weighted by Crippen LogP contribution is 2.52. The number of hydrogen-bond acceptors (Lipinski definition) is 2. The minimum absolute atomic E-state index is 0.181. The molecule has 0 aromatic carbocycles. The van der Waals surface area contributed by atoms with Gasteiger partial charge in [0.15, 0.2) is 0 Å². The lowest BCUT2D eigenvalue weighted by Crippen LogP contribution is -2.55. The zero-order valence-corrected chi connectivity index (χ0v) is 9.17. The quantitative estimate of drug-likeness (QED) is 0.787. The van der Waals surface area contributed by atoms with Crippen molar-refractivity contribution < 1.29 is 8.78 Å². The number of aryl methyl sites for hydroxylation is 2. The van der Waals surface area contributed by atoms with Crippen molar-refractivity contribution in [2.24, 2.45) is 5.73 Å². The Balaban J connectivity index is 1.88. The Kier molecular flexibility index (Phi) is 1.81. The van der Waals surface area contributed by atoms with Crippen LogP contribution in [0.25, 0.3) is 0 Å². The topological polar surface area (TPSA) is 26.0 Å². The lowest BCUT2D eigenvalue weighted by atomic mass is 9.73. The van der Waals surface area contributed by atoms with Crippen LogP contribution < -0.4 is 5.73 Å². The minimum atomic E-state index is -2.54. The second-order valence-corrected chi connectivity index (χ2v) is 5.92. The smallest absolute Gasteiger partial charge is 0.252 e. The van der Waals surface area contributed by atoms with E-state index in [-0.39, 0.29) is 12.8 Å². The Labute approximate surface area is 91.3 Å². The van der Waals surface area contributed by atoms with Gasteiger partial charge in [-0.05, 0) is 30.9 Å². The number of fused-ring (bicyclic) bond motifs is 1. The summed E-state index contributed by atoms with van der Waals surface area (Å²) in [5.74, 6) is -2.54. The molecule has 1 heterocycles. The number of thiophene rings is 1. The van der Waals surface area contributed by atoms with E-state index in [1.165, 1.54) is 16.9 Å². The lowest BCUT2D eigenvalue weighted by Gasteiger charge is -2.43. The molecule has 0 saturated heterocycles. The van der Waals surface area contributed by atoms with Crippen LogP contribution in [0.1, 0.15) is 34.6 Å². The summed E-state index contributed by atoms with van der Waals surface area (Å²) in [6.07, 6.45) is 3.04. The van der Waals surface area contributed by atoms with Crippen LogP contribution in [0, 0.1) is 0 Å². The highest BCUT2D eigenvalue weighted by atomic mass is 32.1. The fourth-order valence-corrected chi connectivity index (χ4v) is 3.97. The molecule has 4 heteroatoms. The molecule has 2 N–H and O–H groups in total. The van der Waals surface area contributed by atoms with Gasteiger partial charge in [-0.3, -0.25) is 0 Å². The molecule has 0 bridgehead atoms. The van der Waals surface area contributed by atoms with E-state index in [9.17, 15) is 8.78 Å². The second-order valence-electron chi connectivity index (χ2n) is 4.78. The van der Waals surface area contributed by atoms with Crippen LogP contribution in [0.3, 0.4) is 0 Å². The van der Waals surface area contributed by atoms with Crippen molar-refractivity contribution in [2.45, 2.75) is 43.6 Å². The van der Waals surface area contributed by atoms with E-state index in [4.69, 9.17) is 5.73 Å². The summed E-state index contributed by atoms with van der Waals surface area (Å²) < 4.78 is 25.7. The molecule has 2 aliphatic rings. The van der Waals surface area contributed by atoms with E-state index in [0.717, 1.165) is 17.7 Å². The SMILES string of the molecule is NC1(c2cc3c(s2)CCC3)CC(F)(F)C1. The fourth-order valence-electron chi connectivity index (χ4n) is 2.62. The van der Waals surface area contributed by atoms with Gasteiger partial charge in [0.25, 0.3) is 5.92 Å². The van der Waals surface area contributed by atoms with Crippen molar-refractivity contribution in [3.8, 4) is 0 Å². The number of rotatable bonds is 1. The summed E-state index contributed by atoms with van der Waals surface area (Å²) >= 11 is 1.65. The number of halogens is 2. The summed E-state index contributed by atoms with van der Waals surface area (Å²) in [5.41, 5.74) is 6.60. The van der Waals surface area contributed by atoms with E-state index in [0.29, 0.717) is 0 Å². The molecule has 1 nitrogen and oxygen atoms in total. The van der Waals surface area contributed by atoms with E-state index < -0.39 is 11.5 Å². The summed E-state index contributed by atoms with van der Waals surface area (Å²) in [6, 6.07) is 2.06. The largest absolute Gasteiger partial charge is 0.320 e. The van der Waals surface area contributed by atoms with Crippen molar-refractivity contribution in [1.82, 2.24) is 0 Å². The van der Waals surface area contributed by atoms with E-state index in [1.807, 2.05) is 0 Å². The van der Waals surface area contributed by atoms with Crippen LogP contribution in [0.15, 0.2) is 6.07 Å². The van der Waals surface area contributed by atoms with Crippen molar-refractivity contribution in [3.63, 3.8) is 0 Å². The van der Waals surface area contributed by atoms with Crippen molar-refractivity contribution in [2.75, 3.05) is 0 Å². The Hall–Kier alpha value is -0.480. The van der Waals surface area contributed by atoms with Gasteiger partial charge in [0.1, 0.15) is 0 Å². The summed E-state index contributed by atoms with van der Waals surface area (Å²) in [5, 5.41) is 0. The van der Waals surface area contributed by atoms with Gasteiger partial charge in [0, 0.05) is 22.6 Å². The maximum atomic E-state index is 12.8. The molecule has 0 unspecified atom stereocenters. The van der Waals surface area contributed by atoms with Crippen LogP contribution in [0.2, 0.25) is 0 Å². The van der Waals surface area contributed by atoms with Crippen LogP contribution in [-0.4, -0.2) is 5.92 Å². The van der Waals surface area contributed by atoms with Crippen LogP contribution in [0.5, 0.6) is 0 Å². The molecule has 3 rings (SSSR count). The van der Waals surface area contributed by atoms with Crippen molar-refractivity contribution >= 4 is 11.3 Å². The summed E-state index contributed by atoms with van der Waals surface area (Å²) in [7, 11) is 0. The van der Waals surface area contributed by atoms with E-state index in [1.54, 1.807) is 11.3 Å². The zero-order chi connectivity index (χ0) is 10.7. The molecule has 1 fully saturated rings.